The van der Waals surface area contributed by atoms with Crippen molar-refractivity contribution >= 4 is 5.78 Å². The molecule has 15 heavy (non-hydrogen) atoms. The Hall–Kier alpha value is -0.830. The Morgan fingerprint density at radius 1 is 1.47 bits per heavy atom. The van der Waals surface area contributed by atoms with Crippen molar-refractivity contribution in [1.82, 2.24) is 0 Å². The largest absolute Gasteiger partial charge is 0.490 e. The third-order valence-electron chi connectivity index (χ3n) is 3.50. The van der Waals surface area contributed by atoms with Crippen LogP contribution in [0.3, 0.4) is 0 Å². The predicted octanol–water partition coefficient (Wildman–Crippen LogP) is 1.62. The van der Waals surface area contributed by atoms with Gasteiger partial charge in [-0.05, 0) is 31.4 Å². The Balaban J connectivity index is 2.03. The molecule has 1 saturated carbocycles. The second kappa shape index (κ2) is 4.79. The van der Waals surface area contributed by atoms with Crippen LogP contribution < -0.4 is 5.73 Å². The molecular weight excluding hydrogens is 190 g/mol. The van der Waals surface area contributed by atoms with Gasteiger partial charge in [-0.15, -0.1) is 0 Å². The van der Waals surface area contributed by atoms with Crippen molar-refractivity contribution in [3.05, 3.63) is 11.8 Å². The van der Waals surface area contributed by atoms with Crippen LogP contribution in [0.5, 0.6) is 0 Å². The molecule has 0 spiro atoms. The number of nitrogens with two attached hydrogens (primary N) is 1. The van der Waals surface area contributed by atoms with Crippen molar-refractivity contribution in [2.24, 2.45) is 17.6 Å². The van der Waals surface area contributed by atoms with Crippen molar-refractivity contribution in [3.8, 4) is 0 Å². The van der Waals surface area contributed by atoms with E-state index in [0.717, 1.165) is 25.7 Å². The molecule has 2 aliphatic rings. The molecule has 84 valence electrons. The quantitative estimate of drug-likeness (QED) is 0.768. The van der Waals surface area contributed by atoms with Crippen LogP contribution in [0.15, 0.2) is 11.8 Å². The summed E-state index contributed by atoms with van der Waals surface area (Å²) in [6.45, 7) is 1.30. The minimum atomic E-state index is 0.119. The number of ether oxygens (including phenoxy) is 1. The van der Waals surface area contributed by atoms with Gasteiger partial charge in [0.2, 0.25) is 0 Å². The highest BCUT2D eigenvalue weighted by atomic mass is 16.5. The van der Waals surface area contributed by atoms with Crippen molar-refractivity contribution < 1.29 is 9.53 Å². The standard InChI is InChI=1S/C12H19NO2/c13-8-9-4-1-2-5-10(9)12(14)11-6-3-7-15-11/h6,9-10H,1-5,7-8,13H2. The van der Waals surface area contributed by atoms with Gasteiger partial charge in [0.05, 0.1) is 6.61 Å². The van der Waals surface area contributed by atoms with E-state index in [4.69, 9.17) is 10.5 Å². The predicted molar refractivity (Wildman–Crippen MR) is 58.2 cm³/mol. The number of hydrogen-bond acceptors (Lipinski definition) is 3. The first-order valence-corrected chi connectivity index (χ1v) is 5.90. The molecule has 0 aromatic heterocycles. The lowest BCUT2D eigenvalue weighted by Gasteiger charge is -2.29. The van der Waals surface area contributed by atoms with E-state index < -0.39 is 0 Å². The lowest BCUT2D eigenvalue weighted by molar-refractivity contribution is -0.124. The summed E-state index contributed by atoms with van der Waals surface area (Å²) >= 11 is 0. The Kier molecular flexibility index (Phi) is 3.41. The van der Waals surface area contributed by atoms with Gasteiger partial charge in [-0.2, -0.15) is 0 Å². The van der Waals surface area contributed by atoms with Gasteiger partial charge >= 0.3 is 0 Å². The molecule has 0 aromatic carbocycles. The number of carbonyl (C=O) groups is 1. The summed E-state index contributed by atoms with van der Waals surface area (Å²) in [6, 6.07) is 0. The number of ketones is 1. The van der Waals surface area contributed by atoms with Gasteiger partial charge in [-0.3, -0.25) is 4.79 Å². The maximum atomic E-state index is 12.1. The Labute approximate surface area is 90.7 Å². The third kappa shape index (κ3) is 2.23. The average Bonchev–Trinajstić information content (AvgIpc) is 2.81. The van der Waals surface area contributed by atoms with Crippen LogP contribution in [0.2, 0.25) is 0 Å². The first-order chi connectivity index (χ1) is 7.33. The zero-order chi connectivity index (χ0) is 10.7. The van der Waals surface area contributed by atoms with E-state index in [1.54, 1.807) is 0 Å². The molecule has 1 aliphatic heterocycles. The van der Waals surface area contributed by atoms with E-state index in [-0.39, 0.29) is 11.7 Å². The molecule has 0 amide bonds. The lowest BCUT2D eigenvalue weighted by atomic mass is 9.76. The SMILES string of the molecule is NCC1CCCCC1C(=O)C1=CCCO1. The van der Waals surface area contributed by atoms with Gasteiger partial charge in [0.15, 0.2) is 11.5 Å². The van der Waals surface area contributed by atoms with Crippen LogP contribution in [-0.4, -0.2) is 18.9 Å². The smallest absolute Gasteiger partial charge is 0.200 e. The second-order valence-electron chi connectivity index (χ2n) is 4.46. The highest BCUT2D eigenvalue weighted by Gasteiger charge is 2.32. The van der Waals surface area contributed by atoms with Gasteiger partial charge in [0, 0.05) is 12.3 Å². The highest BCUT2D eigenvalue weighted by Crippen LogP contribution is 2.32. The van der Waals surface area contributed by atoms with Crippen LogP contribution in [0.25, 0.3) is 0 Å². The summed E-state index contributed by atoms with van der Waals surface area (Å²) in [4.78, 5) is 12.1. The first kappa shape index (κ1) is 10.7. The van der Waals surface area contributed by atoms with Gasteiger partial charge in [0.1, 0.15) is 0 Å². The highest BCUT2D eigenvalue weighted by molar-refractivity contribution is 5.95. The second-order valence-corrected chi connectivity index (χ2v) is 4.46. The number of carbonyl (C=O) groups excluding carboxylic acids is 1. The molecule has 0 saturated heterocycles. The summed E-state index contributed by atoms with van der Waals surface area (Å²) in [5, 5.41) is 0. The normalized spacial score (nSPS) is 30.9. The van der Waals surface area contributed by atoms with Crippen LogP contribution in [0.4, 0.5) is 0 Å². The summed E-state index contributed by atoms with van der Waals surface area (Å²) in [5.74, 6) is 1.28. The van der Waals surface area contributed by atoms with Crippen LogP contribution in [0.1, 0.15) is 32.1 Å². The Morgan fingerprint density at radius 3 is 2.93 bits per heavy atom. The van der Waals surface area contributed by atoms with Gasteiger partial charge in [-0.1, -0.05) is 12.8 Å². The van der Waals surface area contributed by atoms with Crippen LogP contribution >= 0.6 is 0 Å². The van der Waals surface area contributed by atoms with E-state index in [1.165, 1.54) is 6.42 Å². The van der Waals surface area contributed by atoms with Gasteiger partial charge in [-0.25, -0.2) is 0 Å². The molecule has 3 heteroatoms. The molecule has 1 heterocycles. The monoisotopic (exact) mass is 209 g/mol. The molecule has 1 aliphatic carbocycles. The minimum absolute atomic E-state index is 0.119. The molecule has 3 nitrogen and oxygen atoms in total. The van der Waals surface area contributed by atoms with Crippen molar-refractivity contribution in [2.75, 3.05) is 13.2 Å². The Bertz CT molecular complexity index is 273. The number of rotatable bonds is 3. The average molecular weight is 209 g/mol. The molecule has 2 atom stereocenters. The fourth-order valence-corrected chi connectivity index (χ4v) is 2.61. The van der Waals surface area contributed by atoms with E-state index in [1.807, 2.05) is 6.08 Å². The maximum absolute atomic E-state index is 12.1. The fraction of sp³-hybridized carbons (Fsp3) is 0.750. The molecule has 2 rings (SSSR count). The minimum Gasteiger partial charge on any atom is -0.490 e. The zero-order valence-corrected chi connectivity index (χ0v) is 9.08. The summed E-state index contributed by atoms with van der Waals surface area (Å²) in [7, 11) is 0. The van der Waals surface area contributed by atoms with Crippen LogP contribution in [0, 0.1) is 11.8 Å². The Morgan fingerprint density at radius 2 is 2.27 bits per heavy atom. The molecule has 0 aromatic rings. The van der Waals surface area contributed by atoms with Crippen LogP contribution in [-0.2, 0) is 9.53 Å². The molecular formula is C12H19NO2. The van der Waals surface area contributed by atoms with E-state index in [2.05, 4.69) is 0 Å². The maximum Gasteiger partial charge on any atom is 0.200 e. The number of hydrogen-bond donors (Lipinski definition) is 1. The number of allylic oxidation sites excluding steroid dienone is 1. The molecule has 0 radical (unpaired) electrons. The van der Waals surface area contributed by atoms with E-state index in [0.29, 0.717) is 24.8 Å². The molecule has 1 fully saturated rings. The molecule has 2 N–H and O–H groups in total. The van der Waals surface area contributed by atoms with Gasteiger partial charge in [0.25, 0.3) is 0 Å². The zero-order valence-electron chi connectivity index (χ0n) is 9.08. The first-order valence-electron chi connectivity index (χ1n) is 5.90. The fourth-order valence-electron chi connectivity index (χ4n) is 2.61. The summed E-state index contributed by atoms with van der Waals surface area (Å²) < 4.78 is 5.33. The lowest BCUT2D eigenvalue weighted by Crippen LogP contribution is -2.33. The van der Waals surface area contributed by atoms with E-state index >= 15 is 0 Å². The third-order valence-corrected chi connectivity index (χ3v) is 3.50. The number of Topliss-reactive ketones (excluding diaryl/α,β-unsaturated/α-hetero) is 1. The summed E-state index contributed by atoms with van der Waals surface area (Å²) in [5.41, 5.74) is 5.72. The molecule has 0 bridgehead atoms. The van der Waals surface area contributed by atoms with Crippen molar-refractivity contribution in [1.29, 1.82) is 0 Å². The van der Waals surface area contributed by atoms with Crippen molar-refractivity contribution in [2.45, 2.75) is 32.1 Å². The summed E-state index contributed by atoms with van der Waals surface area (Å²) in [6.07, 6.45) is 7.25. The van der Waals surface area contributed by atoms with E-state index in [9.17, 15) is 4.79 Å². The van der Waals surface area contributed by atoms with Gasteiger partial charge < -0.3 is 10.5 Å². The topological polar surface area (TPSA) is 52.3 Å². The molecule has 2 unspecified atom stereocenters. The van der Waals surface area contributed by atoms with Crippen molar-refractivity contribution in [3.63, 3.8) is 0 Å².